The molecule has 3 N–H and O–H groups in total. The Balaban J connectivity index is 1.79. The van der Waals surface area contributed by atoms with Crippen molar-refractivity contribution >= 4 is 23.6 Å². The van der Waals surface area contributed by atoms with Crippen molar-refractivity contribution in [2.45, 2.75) is 110 Å². The number of aliphatic carboxylic acids is 1. The molecule has 1 aromatic carbocycles. The summed E-state index contributed by atoms with van der Waals surface area (Å²) in [7, 11) is 0. The van der Waals surface area contributed by atoms with Gasteiger partial charge in [-0.3, -0.25) is 4.79 Å². The van der Waals surface area contributed by atoms with E-state index in [1.54, 1.807) is 11.8 Å². The van der Waals surface area contributed by atoms with Gasteiger partial charge in [-0.05, 0) is 94.4 Å². The molecule has 1 amide bonds. The highest BCUT2D eigenvalue weighted by molar-refractivity contribution is 7.98. The number of benzene rings is 1. The second-order valence-electron chi connectivity index (χ2n) is 12.9. The van der Waals surface area contributed by atoms with Crippen molar-refractivity contribution in [3.63, 3.8) is 0 Å². The van der Waals surface area contributed by atoms with Gasteiger partial charge in [0.1, 0.15) is 6.04 Å². The molecule has 0 aliphatic heterocycles. The molecule has 2 aliphatic carbocycles. The normalized spacial score (nSPS) is 22.2. The highest BCUT2D eigenvalue weighted by Gasteiger charge is 2.42. The molecule has 4 atom stereocenters. The van der Waals surface area contributed by atoms with Crippen LogP contribution in [0.3, 0.4) is 0 Å². The van der Waals surface area contributed by atoms with E-state index in [0.717, 1.165) is 30.0 Å². The molecule has 0 saturated heterocycles. The Kier molecular flexibility index (Phi) is 13.9. The molecular weight excluding hydrogens is 540 g/mol. The van der Waals surface area contributed by atoms with Gasteiger partial charge in [-0.1, -0.05) is 86.2 Å². The number of carbonyl (C=O) groups excluding carboxylic acids is 1. The van der Waals surface area contributed by atoms with Crippen LogP contribution in [-0.4, -0.2) is 47.6 Å². The first-order valence-corrected chi connectivity index (χ1v) is 17.4. The first-order chi connectivity index (χ1) is 20.1. The molecule has 42 heavy (non-hydrogen) atoms. The van der Waals surface area contributed by atoms with Gasteiger partial charge in [-0.25, -0.2) is 4.79 Å². The van der Waals surface area contributed by atoms with Crippen LogP contribution < -0.4 is 10.6 Å². The largest absolute Gasteiger partial charge is 0.480 e. The number of hydrogen-bond donors (Lipinski definition) is 3. The zero-order valence-electron chi connectivity index (χ0n) is 26.6. The van der Waals surface area contributed by atoms with E-state index in [0.29, 0.717) is 18.2 Å². The first kappa shape index (κ1) is 34.2. The van der Waals surface area contributed by atoms with Gasteiger partial charge >= 0.3 is 5.97 Å². The van der Waals surface area contributed by atoms with Crippen LogP contribution in [0.4, 0.5) is 0 Å². The van der Waals surface area contributed by atoms with Crippen molar-refractivity contribution in [2.75, 3.05) is 18.6 Å². The van der Waals surface area contributed by atoms with E-state index in [4.69, 9.17) is 0 Å². The molecule has 0 heterocycles. The van der Waals surface area contributed by atoms with Crippen molar-refractivity contribution < 1.29 is 14.7 Å². The summed E-state index contributed by atoms with van der Waals surface area (Å²) in [5.74, 6) is 0.0814. The van der Waals surface area contributed by atoms with E-state index in [1.165, 1.54) is 62.5 Å². The van der Waals surface area contributed by atoms with Crippen LogP contribution in [0.5, 0.6) is 0 Å². The summed E-state index contributed by atoms with van der Waals surface area (Å²) in [6.07, 6.45) is 22.6. The maximum Gasteiger partial charge on any atom is 0.326 e. The topological polar surface area (TPSA) is 78.4 Å². The Labute approximate surface area is 259 Å². The van der Waals surface area contributed by atoms with Gasteiger partial charge in [-0.15, -0.1) is 0 Å². The first-order valence-electron chi connectivity index (χ1n) is 16.0. The highest BCUT2D eigenvalue weighted by atomic mass is 32.2. The lowest BCUT2D eigenvalue weighted by atomic mass is 9.68. The predicted molar refractivity (Wildman–Crippen MR) is 178 cm³/mol. The van der Waals surface area contributed by atoms with E-state index in [2.05, 4.69) is 61.8 Å². The number of amides is 1. The number of carboxylic acid groups (broad SMARTS) is 1. The van der Waals surface area contributed by atoms with Crippen molar-refractivity contribution in [1.29, 1.82) is 0 Å². The molecule has 6 heteroatoms. The van der Waals surface area contributed by atoms with E-state index < -0.39 is 17.4 Å². The molecule has 1 fully saturated rings. The lowest BCUT2D eigenvalue weighted by Gasteiger charge is -2.37. The minimum atomic E-state index is -0.984. The number of allylic oxidation sites excluding steroid dienone is 3. The van der Waals surface area contributed by atoms with Crippen LogP contribution in [0.15, 0.2) is 59.7 Å². The SMILES string of the molecule is CSCC[C@H](NC(=O)C1(C)C=CC(CN[C@@H](CCCC=C(C)C)CC2CCCCC2)=CC1c1ccccc1C)C(=O)O. The Hall–Kier alpha value is -2.31. The molecule has 0 aromatic heterocycles. The monoisotopic (exact) mass is 594 g/mol. The molecule has 2 aliphatic rings. The molecule has 1 aromatic rings. The molecule has 232 valence electrons. The van der Waals surface area contributed by atoms with Crippen LogP contribution in [0.1, 0.15) is 102 Å². The second-order valence-corrected chi connectivity index (χ2v) is 13.9. The van der Waals surface area contributed by atoms with Gasteiger partial charge in [-0.2, -0.15) is 11.8 Å². The van der Waals surface area contributed by atoms with Gasteiger partial charge in [0.15, 0.2) is 0 Å². The summed E-state index contributed by atoms with van der Waals surface area (Å²) in [6, 6.07) is 7.82. The fourth-order valence-corrected chi connectivity index (χ4v) is 6.93. The maximum absolute atomic E-state index is 13.8. The van der Waals surface area contributed by atoms with E-state index in [9.17, 15) is 14.7 Å². The van der Waals surface area contributed by atoms with E-state index in [1.807, 2.05) is 31.4 Å². The summed E-state index contributed by atoms with van der Waals surface area (Å²) in [4.78, 5) is 25.7. The van der Waals surface area contributed by atoms with Gasteiger partial charge in [0.25, 0.3) is 0 Å². The van der Waals surface area contributed by atoms with Crippen molar-refractivity contribution in [1.82, 2.24) is 10.6 Å². The van der Waals surface area contributed by atoms with Gasteiger partial charge in [0.05, 0.1) is 5.41 Å². The Morgan fingerprint density at radius 3 is 2.55 bits per heavy atom. The fourth-order valence-electron chi connectivity index (χ4n) is 6.46. The number of carbonyl (C=O) groups is 2. The average molecular weight is 595 g/mol. The van der Waals surface area contributed by atoms with Crippen molar-refractivity contribution in [3.05, 3.63) is 70.8 Å². The molecule has 0 radical (unpaired) electrons. The van der Waals surface area contributed by atoms with Gasteiger partial charge < -0.3 is 15.7 Å². The zero-order chi connectivity index (χ0) is 30.5. The summed E-state index contributed by atoms with van der Waals surface area (Å²) in [6.45, 7) is 9.14. The Morgan fingerprint density at radius 1 is 1.14 bits per heavy atom. The summed E-state index contributed by atoms with van der Waals surface area (Å²) in [5, 5.41) is 16.6. The number of unbranched alkanes of at least 4 members (excludes halogenated alkanes) is 1. The highest BCUT2D eigenvalue weighted by Crippen LogP contribution is 2.43. The van der Waals surface area contributed by atoms with E-state index >= 15 is 0 Å². The maximum atomic E-state index is 13.8. The molecule has 0 bridgehead atoms. The average Bonchev–Trinajstić information content (AvgIpc) is 2.97. The van der Waals surface area contributed by atoms with Crippen LogP contribution in [0.25, 0.3) is 0 Å². The fraction of sp³-hybridized carbons (Fsp3) is 0.611. The smallest absolute Gasteiger partial charge is 0.326 e. The third-order valence-corrected chi connectivity index (χ3v) is 9.79. The van der Waals surface area contributed by atoms with Crippen LogP contribution >= 0.6 is 11.8 Å². The molecule has 1 saturated carbocycles. The summed E-state index contributed by atoms with van der Waals surface area (Å²) in [5.41, 5.74) is 3.91. The number of nitrogens with one attached hydrogen (secondary N) is 2. The lowest BCUT2D eigenvalue weighted by molar-refractivity contribution is -0.143. The minimum absolute atomic E-state index is 0.190. The van der Waals surface area contributed by atoms with Crippen LogP contribution in [0, 0.1) is 18.3 Å². The minimum Gasteiger partial charge on any atom is -0.480 e. The Bertz CT molecular complexity index is 1120. The number of hydrogen-bond acceptors (Lipinski definition) is 4. The number of aryl methyl sites for hydroxylation is 1. The predicted octanol–water partition coefficient (Wildman–Crippen LogP) is 7.97. The van der Waals surface area contributed by atoms with Crippen molar-refractivity contribution in [3.8, 4) is 0 Å². The molecule has 0 spiro atoms. The Morgan fingerprint density at radius 2 is 1.88 bits per heavy atom. The third kappa shape index (κ3) is 10.2. The molecular formula is C36H54N2O3S. The van der Waals surface area contributed by atoms with Crippen LogP contribution in [-0.2, 0) is 9.59 Å². The van der Waals surface area contributed by atoms with E-state index in [-0.39, 0.29) is 11.8 Å². The van der Waals surface area contributed by atoms with Crippen LogP contribution in [0.2, 0.25) is 0 Å². The molecule has 5 nitrogen and oxygen atoms in total. The summed E-state index contributed by atoms with van der Waals surface area (Å²) >= 11 is 1.59. The zero-order valence-corrected chi connectivity index (χ0v) is 27.4. The van der Waals surface area contributed by atoms with Gasteiger partial charge in [0, 0.05) is 18.5 Å². The number of rotatable bonds is 16. The second kappa shape index (κ2) is 17.1. The third-order valence-electron chi connectivity index (χ3n) is 9.14. The number of carboxylic acids is 1. The van der Waals surface area contributed by atoms with Gasteiger partial charge in [0.2, 0.25) is 5.91 Å². The number of thioether (sulfide) groups is 1. The van der Waals surface area contributed by atoms with Crippen molar-refractivity contribution in [2.24, 2.45) is 11.3 Å². The summed E-state index contributed by atoms with van der Waals surface area (Å²) < 4.78 is 0. The standard InChI is InChI=1S/C36H54N2O3S/c1-26(2)13-9-11-17-30(23-28-15-7-6-8-16-28)37-25-29-19-21-36(4,32(24-29)31-18-12-10-14-27(31)3)35(41)38-33(34(39)40)20-22-42-5/h10,12-14,18-19,21,24,28,30,32-33,37H,6-9,11,15-17,20,22-23,25H2,1-5H3,(H,38,41)(H,39,40)/t30-,32?,33-,36?/m0/s1. The molecule has 3 rings (SSSR count). The lowest BCUT2D eigenvalue weighted by Crippen LogP contribution is -2.49. The molecule has 2 unspecified atom stereocenters. The quantitative estimate of drug-likeness (QED) is 0.134.